The topological polar surface area (TPSA) is 578 Å². The maximum absolute atomic E-state index is 7.00. The van der Waals surface area contributed by atoms with Gasteiger partial charge in [-0.25, -0.2) is 0 Å². The van der Waals surface area contributed by atoms with E-state index in [1.54, 1.807) is 0 Å². The van der Waals surface area contributed by atoms with Crippen molar-refractivity contribution in [2.24, 2.45) is 0 Å². The van der Waals surface area contributed by atoms with Crippen LogP contribution in [0.3, 0.4) is 0 Å². The Morgan fingerprint density at radius 2 is 0.167 bits per heavy atom. The van der Waals surface area contributed by atoms with Gasteiger partial charge in [0.25, 0.3) is 0 Å². The molecule has 0 aromatic heterocycles. The van der Waals surface area contributed by atoms with Crippen LogP contribution in [0.1, 0.15) is 0 Å². The average Bonchev–Trinajstić information content (AvgIpc) is 2.33. The summed E-state index contributed by atoms with van der Waals surface area (Å²) in [5.41, 5.74) is 0. The molecule has 0 bridgehead atoms. The van der Waals surface area contributed by atoms with E-state index >= 15 is 0 Å². The van der Waals surface area contributed by atoms with E-state index in [2.05, 4.69) is 0 Å². The molecule has 0 atom stereocenters. The Hall–Kier alpha value is 0.757. The molecule has 18 N–H and O–H groups in total. The summed E-state index contributed by atoms with van der Waals surface area (Å²) in [6.45, 7) is 0. The Bertz CT molecular complexity index is 33.7. The SMILES string of the molecule is [Cr+4].[Cr+4].[Cr+4].[NH2-].[NH2-].[NH2-].[NH2-].[NH2-].[NH2-].[NH2-].[NH2-].[NH2-].[O-][O-].[O-][O-].[O-][O-].[O-][O-].[O-][O-].[O-][O-]. The van der Waals surface area contributed by atoms with Gasteiger partial charge in [0.1, 0.15) is 0 Å². The van der Waals surface area contributed by atoms with Gasteiger partial charge in [0.2, 0.25) is 0 Å². The Kier molecular flexibility index (Phi) is 273000. The van der Waals surface area contributed by atoms with Crippen molar-refractivity contribution in [1.82, 2.24) is 0 Å². The van der Waals surface area contributed by atoms with Gasteiger partial charge < -0.3 is 118 Å². The first-order chi connectivity index (χ1) is 6.00. The first-order valence-electron chi connectivity index (χ1n) is 1.00. The fourth-order valence-electron chi connectivity index (χ4n) is 0. The predicted octanol–water partition coefficient (Wildman–Crippen LogP) is -7.82. The van der Waals surface area contributed by atoms with Crippen LogP contribution < -0.4 is 63.1 Å². The minimum Gasteiger partial charge on any atom is -1.00 e. The molecule has 24 heteroatoms. The number of hydrogen-bond donors (Lipinski definition) is 0. The Labute approximate surface area is 170 Å². The van der Waals surface area contributed by atoms with Crippen LogP contribution in [0.2, 0.25) is 0 Å². The van der Waals surface area contributed by atoms with Crippen molar-refractivity contribution in [2.45, 2.75) is 0 Å². The van der Waals surface area contributed by atoms with E-state index in [4.69, 9.17) is 63.1 Å². The summed E-state index contributed by atoms with van der Waals surface area (Å²) < 4.78 is 0. The molecule has 0 fully saturated rings. The summed E-state index contributed by atoms with van der Waals surface area (Å²) >= 11 is 0. The summed E-state index contributed by atoms with van der Waals surface area (Å²) in [4.78, 5) is 0. The molecule has 0 rings (SSSR count). The van der Waals surface area contributed by atoms with E-state index in [-0.39, 0.29) is 107 Å². The molecule has 0 aliphatic heterocycles. The molecular weight excluding hydrogens is 474 g/mol. The van der Waals surface area contributed by atoms with E-state index in [0.717, 1.165) is 0 Å². The first-order valence-corrected chi connectivity index (χ1v) is 1.00. The summed E-state index contributed by atoms with van der Waals surface area (Å²) in [5.74, 6) is 0. The van der Waals surface area contributed by atoms with Crippen LogP contribution in [0.4, 0.5) is 0 Å². The number of rotatable bonds is 0. The first kappa shape index (κ1) is 306. The molecule has 0 aliphatic rings. The third-order valence-corrected chi connectivity index (χ3v) is 0. The van der Waals surface area contributed by atoms with E-state index in [1.165, 1.54) is 0 Å². The molecular formula is H18Cr3N9O12-9. The summed E-state index contributed by atoms with van der Waals surface area (Å²) in [7, 11) is 0. The maximum Gasteiger partial charge on any atom is 4.00 e. The molecule has 0 aliphatic carbocycles. The van der Waals surface area contributed by atoms with Crippen LogP contribution in [0.15, 0.2) is 0 Å². The quantitative estimate of drug-likeness (QED) is 0.225. The average molecular weight is 492 g/mol. The van der Waals surface area contributed by atoms with Gasteiger partial charge in [-0.1, -0.05) is 0 Å². The van der Waals surface area contributed by atoms with Crippen LogP contribution >= 0.6 is 0 Å². The molecule has 0 spiro atoms. The van der Waals surface area contributed by atoms with Gasteiger partial charge in [-0.05, 0) is 0 Å². The fourth-order valence-corrected chi connectivity index (χ4v) is 0. The van der Waals surface area contributed by atoms with Gasteiger partial charge in [-0.2, -0.15) is 0 Å². The molecule has 21 nitrogen and oxygen atoms in total. The molecule has 0 heterocycles. The monoisotopic (exact) mass is 492 g/mol. The smallest absolute Gasteiger partial charge is 1.00 e. The van der Waals surface area contributed by atoms with Crippen molar-refractivity contribution in [3.8, 4) is 0 Å². The standard InChI is InChI=1S/3Cr.9H2N.6O2/c;;;;;;;;;;;;6*1-2/h;;;9*1H2;;;;;;/q3*+4;9*-1;6*-2. The minimum atomic E-state index is 0. The van der Waals surface area contributed by atoms with Gasteiger partial charge in [-0.3, -0.25) is 0 Å². The fraction of sp³-hybridized carbons (Fsp3) is 0. The third kappa shape index (κ3) is 18800. The molecule has 0 amide bonds. The van der Waals surface area contributed by atoms with Gasteiger partial charge >= 0.3 is 52.1 Å². The van der Waals surface area contributed by atoms with Crippen LogP contribution in [0, 0.1) is 0 Å². The van der Waals surface area contributed by atoms with Crippen LogP contribution in [-0.2, 0) is 52.1 Å². The second kappa shape index (κ2) is 21400. The van der Waals surface area contributed by atoms with E-state index < -0.39 is 0 Å². The van der Waals surface area contributed by atoms with Gasteiger partial charge in [0.05, 0.1) is 0 Å². The predicted molar refractivity (Wildman–Crippen MR) is 47.6 cm³/mol. The van der Waals surface area contributed by atoms with Gasteiger partial charge in [-0.15, -0.1) is 0 Å². The normalized spacial score (nSPS) is 1.50. The van der Waals surface area contributed by atoms with E-state index in [9.17, 15) is 0 Å². The molecule has 162 valence electrons. The molecule has 0 saturated heterocycles. The van der Waals surface area contributed by atoms with Gasteiger partial charge in [0, 0.05) is 0 Å². The zero-order valence-corrected chi connectivity index (χ0v) is 15.1. The van der Waals surface area contributed by atoms with Crippen molar-refractivity contribution in [3.05, 3.63) is 55.4 Å². The van der Waals surface area contributed by atoms with E-state index in [1.807, 2.05) is 0 Å². The third-order valence-electron chi connectivity index (χ3n) is 0. The molecule has 0 aromatic carbocycles. The summed E-state index contributed by atoms with van der Waals surface area (Å²) in [6, 6.07) is 0. The van der Waals surface area contributed by atoms with Crippen molar-refractivity contribution in [2.75, 3.05) is 0 Å². The van der Waals surface area contributed by atoms with Crippen LogP contribution in [0.5, 0.6) is 0 Å². The molecule has 0 saturated carbocycles. The van der Waals surface area contributed by atoms with Crippen LogP contribution in [0.25, 0.3) is 55.4 Å². The van der Waals surface area contributed by atoms with Crippen molar-refractivity contribution in [3.63, 3.8) is 0 Å². The Morgan fingerprint density at radius 3 is 0.167 bits per heavy atom. The Balaban J connectivity index is -0.00000000102. The maximum atomic E-state index is 7.00. The van der Waals surface area contributed by atoms with Crippen molar-refractivity contribution >= 4 is 0 Å². The largest absolute Gasteiger partial charge is 4.00 e. The second-order valence-electron chi connectivity index (χ2n) is 0. The zero-order chi connectivity index (χ0) is 12.0. The minimum absolute atomic E-state index is 0. The van der Waals surface area contributed by atoms with Crippen molar-refractivity contribution < 1.29 is 115 Å². The number of hydrogen-bond acceptors (Lipinski definition) is 12. The van der Waals surface area contributed by atoms with Crippen LogP contribution in [-0.4, -0.2) is 0 Å². The summed E-state index contributed by atoms with van der Waals surface area (Å²) in [6.07, 6.45) is 0. The molecule has 24 heavy (non-hydrogen) atoms. The molecule has 0 aromatic rings. The van der Waals surface area contributed by atoms with Crippen molar-refractivity contribution in [1.29, 1.82) is 0 Å². The summed E-state index contributed by atoms with van der Waals surface area (Å²) in [5, 5.41) is 84.0. The molecule has 0 radical (unpaired) electrons. The van der Waals surface area contributed by atoms with E-state index in [0.29, 0.717) is 0 Å². The number of nitrogens with two attached hydrogens (primary N) is 9. The second-order valence-corrected chi connectivity index (χ2v) is 0. The molecule has 0 unspecified atom stereocenters. The Morgan fingerprint density at radius 1 is 0.167 bits per heavy atom. The zero-order valence-electron chi connectivity index (χ0n) is 11.3. The van der Waals surface area contributed by atoms with Gasteiger partial charge in [0.15, 0.2) is 0 Å².